The Morgan fingerprint density at radius 1 is 1.35 bits per heavy atom. The molecular weight excluding hydrogens is 220 g/mol. The molecule has 1 aromatic rings. The van der Waals surface area contributed by atoms with Gasteiger partial charge in [0.05, 0.1) is 30.7 Å². The number of piperazine rings is 1. The number of hydrogen-bond acceptors (Lipinski definition) is 5. The number of imide groups is 1. The number of nitrogens with two attached hydrogens (primary N) is 1. The Labute approximate surface area is 98.8 Å². The number of aromatic nitrogens is 1. The highest BCUT2D eigenvalue weighted by atomic mass is 16.2. The standard InChI is InChI=1S/C11H14N4O2/c1-7(12)9-3-2-8(4-13-9)15-5-10(16)14-11(17)6-15/h2-4,7H,5-6,12H2,1H3,(H,14,16,17)/t7-/m0/s1. The van der Waals surface area contributed by atoms with Crippen molar-refractivity contribution in [2.75, 3.05) is 18.0 Å². The predicted molar refractivity (Wildman–Crippen MR) is 62.2 cm³/mol. The molecule has 0 saturated carbocycles. The van der Waals surface area contributed by atoms with Gasteiger partial charge in [-0.3, -0.25) is 19.9 Å². The van der Waals surface area contributed by atoms with Crippen LogP contribution in [0.15, 0.2) is 18.3 Å². The van der Waals surface area contributed by atoms with Gasteiger partial charge >= 0.3 is 0 Å². The average Bonchev–Trinajstić information content (AvgIpc) is 2.28. The van der Waals surface area contributed by atoms with Gasteiger partial charge < -0.3 is 10.6 Å². The molecule has 2 heterocycles. The van der Waals surface area contributed by atoms with Crippen LogP contribution in [0, 0.1) is 0 Å². The molecule has 1 aliphatic rings. The lowest BCUT2D eigenvalue weighted by atomic mass is 10.2. The van der Waals surface area contributed by atoms with Crippen LogP contribution in [0.5, 0.6) is 0 Å². The lowest BCUT2D eigenvalue weighted by Crippen LogP contribution is -2.51. The highest BCUT2D eigenvalue weighted by Gasteiger charge is 2.22. The third-order valence-corrected chi connectivity index (χ3v) is 2.55. The van der Waals surface area contributed by atoms with Crippen LogP contribution in [0.2, 0.25) is 0 Å². The van der Waals surface area contributed by atoms with Crippen molar-refractivity contribution in [2.24, 2.45) is 5.73 Å². The van der Waals surface area contributed by atoms with Crippen molar-refractivity contribution in [3.63, 3.8) is 0 Å². The van der Waals surface area contributed by atoms with Crippen LogP contribution in [0.3, 0.4) is 0 Å². The number of carbonyl (C=O) groups is 2. The average molecular weight is 234 g/mol. The molecule has 0 bridgehead atoms. The summed E-state index contributed by atoms with van der Waals surface area (Å²) in [6.45, 7) is 2.19. The molecule has 1 fully saturated rings. The molecule has 0 aromatic carbocycles. The van der Waals surface area contributed by atoms with Crippen molar-refractivity contribution in [1.29, 1.82) is 0 Å². The second kappa shape index (κ2) is 4.50. The van der Waals surface area contributed by atoms with E-state index in [0.717, 1.165) is 11.4 Å². The van der Waals surface area contributed by atoms with Gasteiger partial charge in [-0.2, -0.15) is 0 Å². The van der Waals surface area contributed by atoms with E-state index in [2.05, 4.69) is 10.3 Å². The number of nitrogens with one attached hydrogen (secondary N) is 1. The molecule has 0 unspecified atom stereocenters. The first kappa shape index (κ1) is 11.5. The predicted octanol–water partition coefficient (Wildman–Crippen LogP) is -0.436. The Morgan fingerprint density at radius 3 is 2.47 bits per heavy atom. The second-order valence-electron chi connectivity index (χ2n) is 4.06. The summed E-state index contributed by atoms with van der Waals surface area (Å²) in [6.07, 6.45) is 1.63. The fourth-order valence-corrected chi connectivity index (χ4v) is 1.67. The molecule has 0 spiro atoms. The van der Waals surface area contributed by atoms with Gasteiger partial charge in [-0.1, -0.05) is 0 Å². The molecule has 90 valence electrons. The van der Waals surface area contributed by atoms with Crippen molar-refractivity contribution in [1.82, 2.24) is 10.3 Å². The first-order valence-electron chi connectivity index (χ1n) is 5.35. The fraction of sp³-hybridized carbons (Fsp3) is 0.364. The zero-order chi connectivity index (χ0) is 12.4. The topological polar surface area (TPSA) is 88.3 Å². The summed E-state index contributed by atoms with van der Waals surface area (Å²) >= 11 is 0. The van der Waals surface area contributed by atoms with Crippen LogP contribution >= 0.6 is 0 Å². The van der Waals surface area contributed by atoms with Gasteiger partial charge in [0.15, 0.2) is 0 Å². The zero-order valence-corrected chi connectivity index (χ0v) is 9.51. The molecule has 2 amide bonds. The third-order valence-electron chi connectivity index (χ3n) is 2.55. The maximum atomic E-state index is 11.2. The van der Waals surface area contributed by atoms with Crippen molar-refractivity contribution in [3.05, 3.63) is 24.0 Å². The summed E-state index contributed by atoms with van der Waals surface area (Å²) in [7, 11) is 0. The first-order chi connectivity index (χ1) is 8.06. The first-order valence-corrected chi connectivity index (χ1v) is 5.35. The molecule has 6 nitrogen and oxygen atoms in total. The van der Waals surface area contributed by atoms with E-state index in [4.69, 9.17) is 5.73 Å². The smallest absolute Gasteiger partial charge is 0.246 e. The molecule has 0 radical (unpaired) electrons. The maximum Gasteiger partial charge on any atom is 0.246 e. The van der Waals surface area contributed by atoms with Crippen molar-refractivity contribution in [3.8, 4) is 0 Å². The summed E-state index contributed by atoms with van der Waals surface area (Å²) < 4.78 is 0. The lowest BCUT2D eigenvalue weighted by molar-refractivity contribution is -0.130. The summed E-state index contributed by atoms with van der Waals surface area (Å²) in [5.41, 5.74) is 7.22. The van der Waals surface area contributed by atoms with E-state index in [-0.39, 0.29) is 30.9 Å². The van der Waals surface area contributed by atoms with Crippen LogP contribution in [-0.2, 0) is 9.59 Å². The molecule has 1 atom stereocenters. The summed E-state index contributed by atoms with van der Waals surface area (Å²) in [4.78, 5) is 28.3. The van der Waals surface area contributed by atoms with Gasteiger partial charge in [-0.25, -0.2) is 0 Å². The Morgan fingerprint density at radius 2 is 2.00 bits per heavy atom. The second-order valence-corrected chi connectivity index (χ2v) is 4.06. The van der Waals surface area contributed by atoms with Crippen LogP contribution in [0.25, 0.3) is 0 Å². The number of carbonyl (C=O) groups excluding carboxylic acids is 2. The molecular formula is C11H14N4O2. The number of anilines is 1. The van der Waals surface area contributed by atoms with Crippen molar-refractivity contribution < 1.29 is 9.59 Å². The minimum atomic E-state index is -0.294. The molecule has 2 rings (SSSR count). The van der Waals surface area contributed by atoms with E-state index >= 15 is 0 Å². The highest BCUT2D eigenvalue weighted by Crippen LogP contribution is 2.16. The van der Waals surface area contributed by atoms with Gasteiger partial charge in [-0.15, -0.1) is 0 Å². The lowest BCUT2D eigenvalue weighted by Gasteiger charge is -2.27. The van der Waals surface area contributed by atoms with Crippen molar-refractivity contribution >= 4 is 17.5 Å². The number of hydrogen-bond donors (Lipinski definition) is 2. The number of pyridine rings is 1. The van der Waals surface area contributed by atoms with E-state index < -0.39 is 0 Å². The summed E-state index contributed by atoms with van der Waals surface area (Å²) in [5, 5.41) is 2.25. The number of amides is 2. The minimum Gasteiger partial charge on any atom is -0.352 e. The molecule has 1 aromatic heterocycles. The third kappa shape index (κ3) is 2.59. The van der Waals surface area contributed by atoms with Gasteiger partial charge in [0.1, 0.15) is 0 Å². The van der Waals surface area contributed by atoms with Crippen LogP contribution in [0.4, 0.5) is 5.69 Å². The molecule has 0 aliphatic carbocycles. The van der Waals surface area contributed by atoms with E-state index in [1.165, 1.54) is 0 Å². The molecule has 17 heavy (non-hydrogen) atoms. The Hall–Kier alpha value is -1.95. The van der Waals surface area contributed by atoms with Crippen LogP contribution < -0.4 is 16.0 Å². The normalized spacial score (nSPS) is 17.9. The van der Waals surface area contributed by atoms with E-state index in [1.807, 2.05) is 13.0 Å². The molecule has 3 N–H and O–H groups in total. The Kier molecular flexibility index (Phi) is 3.06. The van der Waals surface area contributed by atoms with Crippen molar-refractivity contribution in [2.45, 2.75) is 13.0 Å². The Bertz CT molecular complexity index is 425. The quantitative estimate of drug-likeness (QED) is 0.677. The van der Waals surface area contributed by atoms with Gasteiger partial charge in [-0.05, 0) is 19.1 Å². The van der Waals surface area contributed by atoms with E-state index in [9.17, 15) is 9.59 Å². The van der Waals surface area contributed by atoms with Gasteiger partial charge in [0.2, 0.25) is 11.8 Å². The summed E-state index contributed by atoms with van der Waals surface area (Å²) in [5.74, 6) is -0.588. The number of rotatable bonds is 2. The fourth-order valence-electron chi connectivity index (χ4n) is 1.67. The molecule has 1 aliphatic heterocycles. The van der Waals surface area contributed by atoms with E-state index in [0.29, 0.717) is 0 Å². The maximum absolute atomic E-state index is 11.2. The monoisotopic (exact) mass is 234 g/mol. The molecule has 6 heteroatoms. The number of nitrogens with zero attached hydrogens (tertiary/aromatic N) is 2. The van der Waals surface area contributed by atoms with Gasteiger partial charge in [0.25, 0.3) is 0 Å². The SMILES string of the molecule is C[C@H](N)c1ccc(N2CC(=O)NC(=O)C2)cn1. The van der Waals surface area contributed by atoms with E-state index in [1.54, 1.807) is 17.2 Å². The minimum absolute atomic E-state index is 0.129. The largest absolute Gasteiger partial charge is 0.352 e. The zero-order valence-electron chi connectivity index (χ0n) is 9.51. The summed E-state index contributed by atoms with van der Waals surface area (Å²) in [6, 6.07) is 3.49. The molecule has 1 saturated heterocycles. The van der Waals surface area contributed by atoms with Crippen LogP contribution in [0.1, 0.15) is 18.7 Å². The Balaban J connectivity index is 2.16. The van der Waals surface area contributed by atoms with Crippen LogP contribution in [-0.4, -0.2) is 29.9 Å². The van der Waals surface area contributed by atoms with Gasteiger partial charge in [0, 0.05) is 6.04 Å². The highest BCUT2D eigenvalue weighted by molar-refractivity contribution is 6.02.